The fourth-order valence-electron chi connectivity index (χ4n) is 6.36. The number of hydrogen-bond donors (Lipinski definition) is 0. The number of nitrogens with zero attached hydrogens (tertiary/aromatic N) is 3. The first-order chi connectivity index (χ1) is 20.8. The van der Waals surface area contributed by atoms with Crippen molar-refractivity contribution < 1.29 is 4.42 Å². The average Bonchev–Trinajstić information content (AvgIpc) is 3.64. The van der Waals surface area contributed by atoms with Crippen LogP contribution in [0.4, 0.5) is 0 Å². The highest BCUT2D eigenvalue weighted by Crippen LogP contribution is 2.46. The normalized spacial score (nSPS) is 11.8. The van der Waals surface area contributed by atoms with Crippen molar-refractivity contribution in [3.63, 3.8) is 0 Å². The van der Waals surface area contributed by atoms with Gasteiger partial charge in [-0.2, -0.15) is 0 Å². The minimum Gasteiger partial charge on any atom is -0.455 e. The third kappa shape index (κ3) is 3.29. The Morgan fingerprint density at radius 3 is 2.02 bits per heavy atom. The summed E-state index contributed by atoms with van der Waals surface area (Å²) in [4.78, 5) is 10.5. The van der Waals surface area contributed by atoms with Gasteiger partial charge in [-0.25, -0.2) is 9.97 Å². The Kier molecular flexibility index (Phi) is 4.87. The summed E-state index contributed by atoms with van der Waals surface area (Å²) in [6.45, 7) is 0. The summed E-state index contributed by atoms with van der Waals surface area (Å²) in [5.74, 6) is 0.834. The summed E-state index contributed by atoms with van der Waals surface area (Å²) in [5, 5.41) is 5.48. The molecule has 0 bridgehead atoms. The van der Waals surface area contributed by atoms with Crippen LogP contribution in [0.25, 0.3) is 83.0 Å². The van der Waals surface area contributed by atoms with Crippen LogP contribution in [0.2, 0.25) is 0 Å². The van der Waals surface area contributed by atoms with Gasteiger partial charge in [0.25, 0.3) is 0 Å². The topological polar surface area (TPSA) is 43.9 Å². The molecule has 3 aromatic heterocycles. The van der Waals surface area contributed by atoms with Crippen LogP contribution in [0.5, 0.6) is 0 Å². The minimum absolute atomic E-state index is 0.826. The zero-order valence-electron chi connectivity index (χ0n) is 22.5. The van der Waals surface area contributed by atoms with Crippen molar-refractivity contribution in [1.82, 2.24) is 14.5 Å². The molecule has 0 spiro atoms. The number of rotatable bonds is 3. The van der Waals surface area contributed by atoms with Crippen molar-refractivity contribution in [2.45, 2.75) is 0 Å². The molecule has 0 N–H and O–H groups in total. The van der Waals surface area contributed by atoms with E-state index in [1.165, 1.54) is 0 Å². The molecule has 4 nitrogen and oxygen atoms in total. The van der Waals surface area contributed by atoms with E-state index in [-0.39, 0.29) is 0 Å². The van der Waals surface area contributed by atoms with E-state index in [9.17, 15) is 0 Å². The highest BCUT2D eigenvalue weighted by Gasteiger charge is 2.24. The van der Waals surface area contributed by atoms with Gasteiger partial charge in [-0.15, -0.1) is 0 Å². The summed E-state index contributed by atoms with van der Waals surface area (Å²) in [6, 6.07) is 48.1. The number of hydrogen-bond acceptors (Lipinski definition) is 3. The number of furan rings is 1. The van der Waals surface area contributed by atoms with E-state index < -0.39 is 0 Å². The first-order valence-electron chi connectivity index (χ1n) is 14.1. The zero-order chi connectivity index (χ0) is 27.6. The molecule has 0 saturated heterocycles. The van der Waals surface area contributed by atoms with Crippen molar-refractivity contribution in [3.05, 3.63) is 140 Å². The number of para-hydroxylation sites is 5. The minimum atomic E-state index is 0.826. The maximum atomic E-state index is 6.75. The molecular formula is C38H23N3O. The smallest absolute Gasteiger partial charge is 0.149 e. The fourth-order valence-corrected chi connectivity index (χ4v) is 6.36. The van der Waals surface area contributed by atoms with Crippen LogP contribution in [0.1, 0.15) is 0 Å². The molecule has 9 aromatic rings. The summed E-state index contributed by atoms with van der Waals surface area (Å²) >= 11 is 0. The Labute approximate surface area is 241 Å². The summed E-state index contributed by atoms with van der Waals surface area (Å²) < 4.78 is 8.99. The zero-order valence-corrected chi connectivity index (χ0v) is 22.5. The molecule has 42 heavy (non-hydrogen) atoms. The van der Waals surface area contributed by atoms with Crippen LogP contribution >= 0.6 is 0 Å². The number of pyridine rings is 1. The third-order valence-electron chi connectivity index (χ3n) is 8.17. The molecular weight excluding hydrogens is 514 g/mol. The maximum absolute atomic E-state index is 6.75. The Hall–Kier alpha value is -5.74. The number of aromatic nitrogens is 3. The van der Waals surface area contributed by atoms with Gasteiger partial charge in [0.2, 0.25) is 0 Å². The Morgan fingerprint density at radius 2 is 1.19 bits per heavy atom. The standard InChI is InChI=1S/C38H23N3O/c1-3-13-24(14-4-1)36-28-23-29(38-40-31-20-10-11-21-32(31)41(38)25-15-5-2-6-16-25)37-35(27-18-8-12-22-33(27)42-37)34(28)26-17-7-9-19-30(26)39-36/h1-23H. The van der Waals surface area contributed by atoms with Crippen LogP contribution in [-0.2, 0) is 0 Å². The quantitative estimate of drug-likeness (QED) is 0.211. The van der Waals surface area contributed by atoms with E-state index in [0.29, 0.717) is 0 Å². The van der Waals surface area contributed by atoms with Gasteiger partial charge in [-0.05, 0) is 42.5 Å². The van der Waals surface area contributed by atoms with Crippen molar-refractivity contribution in [1.29, 1.82) is 0 Å². The van der Waals surface area contributed by atoms with Crippen molar-refractivity contribution >= 4 is 54.6 Å². The van der Waals surface area contributed by atoms with Crippen molar-refractivity contribution in [2.75, 3.05) is 0 Å². The maximum Gasteiger partial charge on any atom is 0.149 e. The molecule has 0 fully saturated rings. The van der Waals surface area contributed by atoms with Crippen LogP contribution in [0, 0.1) is 0 Å². The number of imidazole rings is 1. The molecule has 0 aliphatic heterocycles. The Balaban J connectivity index is 1.53. The first-order valence-corrected chi connectivity index (χ1v) is 14.1. The largest absolute Gasteiger partial charge is 0.455 e. The summed E-state index contributed by atoms with van der Waals surface area (Å²) in [5.41, 5.74) is 8.61. The summed E-state index contributed by atoms with van der Waals surface area (Å²) in [6.07, 6.45) is 0. The molecule has 0 unspecified atom stereocenters. The van der Waals surface area contributed by atoms with Crippen molar-refractivity contribution in [3.8, 4) is 28.3 Å². The van der Waals surface area contributed by atoms with Crippen LogP contribution in [-0.4, -0.2) is 14.5 Å². The van der Waals surface area contributed by atoms with Gasteiger partial charge in [-0.1, -0.05) is 97.1 Å². The molecule has 9 rings (SSSR count). The van der Waals surface area contributed by atoms with Crippen LogP contribution in [0.3, 0.4) is 0 Å². The van der Waals surface area contributed by atoms with Gasteiger partial charge in [0.15, 0.2) is 0 Å². The van der Waals surface area contributed by atoms with E-state index in [4.69, 9.17) is 14.4 Å². The Morgan fingerprint density at radius 1 is 0.524 bits per heavy atom. The third-order valence-corrected chi connectivity index (χ3v) is 8.17. The van der Waals surface area contributed by atoms with Crippen LogP contribution in [0.15, 0.2) is 144 Å². The van der Waals surface area contributed by atoms with E-state index in [0.717, 1.165) is 83.0 Å². The molecule has 4 heteroatoms. The molecule has 0 radical (unpaired) electrons. The molecule has 0 saturated carbocycles. The van der Waals surface area contributed by atoms with Crippen LogP contribution < -0.4 is 0 Å². The lowest BCUT2D eigenvalue weighted by Gasteiger charge is -2.15. The van der Waals surface area contributed by atoms with Gasteiger partial charge in [0.05, 0.1) is 27.8 Å². The van der Waals surface area contributed by atoms with Crippen molar-refractivity contribution in [2.24, 2.45) is 0 Å². The van der Waals surface area contributed by atoms with E-state index in [1.54, 1.807) is 0 Å². The van der Waals surface area contributed by atoms with E-state index in [1.807, 2.05) is 30.3 Å². The lowest BCUT2D eigenvalue weighted by atomic mass is 9.93. The highest BCUT2D eigenvalue weighted by molar-refractivity contribution is 6.30. The first kappa shape index (κ1) is 23.0. The number of benzene rings is 6. The van der Waals surface area contributed by atoms with Gasteiger partial charge >= 0.3 is 0 Å². The second-order valence-electron chi connectivity index (χ2n) is 10.6. The summed E-state index contributed by atoms with van der Waals surface area (Å²) in [7, 11) is 0. The van der Waals surface area contributed by atoms with E-state index >= 15 is 0 Å². The molecule has 0 aliphatic carbocycles. The lowest BCUT2D eigenvalue weighted by Crippen LogP contribution is -1.98. The van der Waals surface area contributed by atoms with Gasteiger partial charge in [-0.3, -0.25) is 4.57 Å². The molecule has 3 heterocycles. The molecule has 0 atom stereocenters. The second-order valence-corrected chi connectivity index (χ2v) is 10.6. The molecule has 0 aliphatic rings. The van der Waals surface area contributed by atoms with E-state index in [2.05, 4.69) is 114 Å². The Bertz CT molecular complexity index is 2460. The highest BCUT2D eigenvalue weighted by atomic mass is 16.3. The lowest BCUT2D eigenvalue weighted by molar-refractivity contribution is 0.669. The predicted octanol–water partition coefficient (Wildman–Crippen LogP) is 9.96. The SMILES string of the molecule is c1ccc(-c2nc3ccccc3c3c2cc(-c2nc4ccccc4n2-c2ccccc2)c2oc4ccccc4c23)cc1. The fraction of sp³-hybridized carbons (Fsp3) is 0. The van der Waals surface area contributed by atoms with Gasteiger partial charge in [0, 0.05) is 38.2 Å². The monoisotopic (exact) mass is 537 g/mol. The second kappa shape index (κ2) is 8.88. The molecule has 196 valence electrons. The average molecular weight is 538 g/mol. The molecule has 0 amide bonds. The molecule has 6 aromatic carbocycles. The van der Waals surface area contributed by atoms with Gasteiger partial charge < -0.3 is 4.42 Å². The predicted molar refractivity (Wildman–Crippen MR) is 172 cm³/mol. The van der Waals surface area contributed by atoms with Gasteiger partial charge in [0.1, 0.15) is 17.0 Å². The number of fused-ring (bicyclic) bond motifs is 8.